The summed E-state index contributed by atoms with van der Waals surface area (Å²) in [4.78, 5) is 24.4. The highest BCUT2D eigenvalue weighted by molar-refractivity contribution is 7.89. The Kier molecular flexibility index (Phi) is 8.27. The van der Waals surface area contributed by atoms with Gasteiger partial charge in [-0.15, -0.1) is 0 Å². The highest BCUT2D eigenvalue weighted by Gasteiger charge is 2.28. The number of nitrogens with one attached hydrogen (secondary N) is 2. The molecular formula is C19H28ClN3O4S. The van der Waals surface area contributed by atoms with Crippen molar-refractivity contribution in [2.24, 2.45) is 0 Å². The molecule has 2 rings (SSSR count). The molecule has 1 aromatic carbocycles. The number of hydrogen-bond acceptors (Lipinski definition) is 4. The molecule has 1 saturated heterocycles. The van der Waals surface area contributed by atoms with Crippen LogP contribution in [0.5, 0.6) is 0 Å². The molecular weight excluding hydrogens is 402 g/mol. The number of amides is 2. The predicted molar refractivity (Wildman–Crippen MR) is 109 cm³/mol. The maximum atomic E-state index is 13.0. The van der Waals surface area contributed by atoms with Crippen LogP contribution in [0.2, 0.25) is 5.02 Å². The standard InChI is InChI=1S/C19H28ClN3O4S/c1-3-10-21-18(24)14(2)22-19(25)15-8-9-16(20)17(13-15)28(26,27)23-11-6-4-5-7-12-23/h8-9,13-14H,3-7,10-12H2,1-2H3,(H,21,24)(H,22,25)/t14-/m0/s1. The molecule has 1 aromatic rings. The van der Waals surface area contributed by atoms with E-state index in [0.29, 0.717) is 19.6 Å². The van der Waals surface area contributed by atoms with Crippen LogP contribution in [0, 0.1) is 0 Å². The molecule has 0 radical (unpaired) electrons. The summed E-state index contributed by atoms with van der Waals surface area (Å²) in [5.41, 5.74) is 0.146. The summed E-state index contributed by atoms with van der Waals surface area (Å²) in [7, 11) is -3.79. The van der Waals surface area contributed by atoms with E-state index in [1.807, 2.05) is 6.92 Å². The number of carbonyl (C=O) groups is 2. The summed E-state index contributed by atoms with van der Waals surface area (Å²) in [6, 6.07) is 3.41. The lowest BCUT2D eigenvalue weighted by atomic mass is 10.2. The Labute approximate surface area is 171 Å². The number of hydrogen-bond donors (Lipinski definition) is 2. The van der Waals surface area contributed by atoms with Crippen LogP contribution in [0.1, 0.15) is 56.3 Å². The van der Waals surface area contributed by atoms with Gasteiger partial charge in [-0.25, -0.2) is 8.42 Å². The summed E-state index contributed by atoms with van der Waals surface area (Å²) in [6.07, 6.45) is 4.41. The third kappa shape index (κ3) is 5.68. The Morgan fingerprint density at radius 3 is 2.43 bits per heavy atom. The van der Waals surface area contributed by atoms with E-state index in [2.05, 4.69) is 10.6 Å². The molecule has 9 heteroatoms. The predicted octanol–water partition coefficient (Wildman–Crippen LogP) is 2.55. The zero-order valence-corrected chi connectivity index (χ0v) is 17.9. The second-order valence-electron chi connectivity index (χ2n) is 6.95. The number of benzene rings is 1. The van der Waals surface area contributed by atoms with Crippen molar-refractivity contribution in [1.82, 2.24) is 14.9 Å². The van der Waals surface area contributed by atoms with E-state index in [9.17, 15) is 18.0 Å². The van der Waals surface area contributed by atoms with Crippen LogP contribution in [0.25, 0.3) is 0 Å². The van der Waals surface area contributed by atoms with Gasteiger partial charge < -0.3 is 10.6 Å². The van der Waals surface area contributed by atoms with Crippen molar-refractivity contribution >= 4 is 33.4 Å². The number of carbonyl (C=O) groups excluding carboxylic acids is 2. The average Bonchev–Trinajstić information content (AvgIpc) is 2.96. The van der Waals surface area contributed by atoms with Crippen molar-refractivity contribution in [3.63, 3.8) is 0 Å². The van der Waals surface area contributed by atoms with Gasteiger partial charge >= 0.3 is 0 Å². The Morgan fingerprint density at radius 1 is 1.18 bits per heavy atom. The number of sulfonamides is 1. The molecule has 0 unspecified atom stereocenters. The zero-order valence-electron chi connectivity index (χ0n) is 16.3. The van der Waals surface area contributed by atoms with Crippen molar-refractivity contribution in [3.8, 4) is 0 Å². The van der Waals surface area contributed by atoms with E-state index in [1.165, 1.54) is 22.5 Å². The van der Waals surface area contributed by atoms with Gasteiger partial charge in [0.1, 0.15) is 10.9 Å². The number of rotatable bonds is 7. The SMILES string of the molecule is CCCNC(=O)[C@H](C)NC(=O)c1ccc(Cl)c(S(=O)(=O)N2CCCCCC2)c1. The van der Waals surface area contributed by atoms with Crippen molar-refractivity contribution in [1.29, 1.82) is 0 Å². The highest BCUT2D eigenvalue weighted by atomic mass is 35.5. The normalized spacial score (nSPS) is 16.8. The Bertz CT molecular complexity index is 805. The molecule has 1 aliphatic rings. The number of nitrogens with zero attached hydrogens (tertiary/aromatic N) is 1. The van der Waals surface area contributed by atoms with E-state index >= 15 is 0 Å². The molecule has 2 amide bonds. The minimum absolute atomic E-state index is 0.0770. The van der Waals surface area contributed by atoms with Gasteiger partial charge in [0.2, 0.25) is 15.9 Å². The Hall–Kier alpha value is -1.64. The summed E-state index contributed by atoms with van der Waals surface area (Å²) < 4.78 is 27.5. The van der Waals surface area contributed by atoms with E-state index in [0.717, 1.165) is 32.1 Å². The average molecular weight is 430 g/mol. The zero-order chi connectivity index (χ0) is 20.7. The van der Waals surface area contributed by atoms with Crippen molar-refractivity contribution in [3.05, 3.63) is 28.8 Å². The Morgan fingerprint density at radius 2 is 1.82 bits per heavy atom. The summed E-state index contributed by atoms with van der Waals surface area (Å²) >= 11 is 6.16. The van der Waals surface area contributed by atoms with Gasteiger partial charge in [-0.05, 0) is 44.4 Å². The van der Waals surface area contributed by atoms with Gasteiger partial charge in [0, 0.05) is 25.2 Å². The van der Waals surface area contributed by atoms with Crippen LogP contribution >= 0.6 is 11.6 Å². The molecule has 0 aromatic heterocycles. The maximum Gasteiger partial charge on any atom is 0.251 e. The minimum atomic E-state index is -3.79. The fourth-order valence-electron chi connectivity index (χ4n) is 3.01. The van der Waals surface area contributed by atoms with Crippen molar-refractivity contribution < 1.29 is 18.0 Å². The first-order valence-electron chi connectivity index (χ1n) is 9.65. The van der Waals surface area contributed by atoms with Crippen molar-refractivity contribution in [2.45, 2.75) is 56.9 Å². The molecule has 7 nitrogen and oxygen atoms in total. The molecule has 0 saturated carbocycles. The van der Waals surface area contributed by atoms with E-state index < -0.39 is 22.0 Å². The summed E-state index contributed by atoms with van der Waals surface area (Å²) in [5.74, 6) is -0.815. The molecule has 1 fully saturated rings. The van der Waals surface area contributed by atoms with Crippen molar-refractivity contribution in [2.75, 3.05) is 19.6 Å². The summed E-state index contributed by atoms with van der Waals surface area (Å²) in [5, 5.41) is 5.37. The van der Waals surface area contributed by atoms with Gasteiger partial charge in [0.05, 0.1) is 5.02 Å². The fraction of sp³-hybridized carbons (Fsp3) is 0.579. The lowest BCUT2D eigenvalue weighted by Crippen LogP contribution is -2.45. The monoisotopic (exact) mass is 429 g/mol. The Balaban J connectivity index is 2.20. The van der Waals surface area contributed by atoms with Crippen LogP contribution in [0.15, 0.2) is 23.1 Å². The third-order valence-corrected chi connectivity index (χ3v) is 7.05. The topological polar surface area (TPSA) is 95.6 Å². The van der Waals surface area contributed by atoms with Gasteiger partial charge in [-0.1, -0.05) is 31.4 Å². The molecule has 156 valence electrons. The molecule has 0 spiro atoms. The fourth-order valence-corrected chi connectivity index (χ4v) is 5.03. The molecule has 0 aliphatic carbocycles. The largest absolute Gasteiger partial charge is 0.354 e. The van der Waals surface area contributed by atoms with Gasteiger partial charge in [0.25, 0.3) is 5.91 Å². The minimum Gasteiger partial charge on any atom is -0.354 e. The third-order valence-electron chi connectivity index (χ3n) is 4.67. The van der Waals surface area contributed by atoms with E-state index in [1.54, 1.807) is 6.92 Å². The molecule has 1 heterocycles. The first kappa shape index (κ1) is 22.6. The highest BCUT2D eigenvalue weighted by Crippen LogP contribution is 2.27. The first-order valence-corrected chi connectivity index (χ1v) is 11.5. The smallest absolute Gasteiger partial charge is 0.251 e. The quantitative estimate of drug-likeness (QED) is 0.696. The van der Waals surface area contributed by atoms with Gasteiger partial charge in [0.15, 0.2) is 0 Å². The first-order chi connectivity index (χ1) is 13.3. The second kappa shape index (κ2) is 10.2. The second-order valence-corrected chi connectivity index (χ2v) is 9.26. The number of halogens is 1. The summed E-state index contributed by atoms with van der Waals surface area (Å²) in [6.45, 7) is 4.93. The molecule has 1 atom stereocenters. The van der Waals surface area contributed by atoms with Crippen LogP contribution in [0.3, 0.4) is 0 Å². The molecule has 2 N–H and O–H groups in total. The lowest BCUT2D eigenvalue weighted by molar-refractivity contribution is -0.122. The van der Waals surface area contributed by atoms with E-state index in [-0.39, 0.29) is 21.4 Å². The van der Waals surface area contributed by atoms with Gasteiger partial charge in [-0.3, -0.25) is 9.59 Å². The van der Waals surface area contributed by atoms with Gasteiger partial charge in [-0.2, -0.15) is 4.31 Å². The molecule has 1 aliphatic heterocycles. The maximum absolute atomic E-state index is 13.0. The van der Waals surface area contributed by atoms with Crippen LogP contribution in [0.4, 0.5) is 0 Å². The molecule has 0 bridgehead atoms. The lowest BCUT2D eigenvalue weighted by Gasteiger charge is -2.21. The van der Waals surface area contributed by atoms with Crippen LogP contribution < -0.4 is 10.6 Å². The van der Waals surface area contributed by atoms with Crippen LogP contribution in [-0.4, -0.2) is 50.2 Å². The van der Waals surface area contributed by atoms with Crippen LogP contribution in [-0.2, 0) is 14.8 Å². The molecule has 28 heavy (non-hydrogen) atoms. The van der Waals surface area contributed by atoms with E-state index in [4.69, 9.17) is 11.6 Å².